The Hall–Kier alpha value is -0.350. The molecule has 0 atom stereocenters. The Labute approximate surface area is 68.2 Å². The maximum atomic E-state index is 9.94. The van der Waals surface area contributed by atoms with Crippen molar-refractivity contribution in [2.24, 2.45) is 0 Å². The van der Waals surface area contributed by atoms with Crippen LogP contribution in [0.5, 0.6) is 0 Å². The maximum Gasteiger partial charge on any atom is 0.317 e. The number of halogens is 1. The maximum absolute atomic E-state index is 9.94. The van der Waals surface area contributed by atoms with Crippen LogP contribution >= 0.6 is 15.9 Å². The molecular formula is C6H10BrNO2. The van der Waals surface area contributed by atoms with Crippen molar-refractivity contribution in [1.29, 1.82) is 0 Å². The van der Waals surface area contributed by atoms with Gasteiger partial charge >= 0.3 is 5.97 Å². The second-order valence-corrected chi connectivity index (χ2v) is 2.30. The Morgan fingerprint density at radius 1 is 1.60 bits per heavy atom. The van der Waals surface area contributed by atoms with Gasteiger partial charge in [-0.3, -0.25) is 4.79 Å². The fourth-order valence-electron chi connectivity index (χ4n) is 0.409. The minimum atomic E-state index is -0.827. The van der Waals surface area contributed by atoms with Gasteiger partial charge in [0.2, 0.25) is 0 Å². The lowest BCUT2D eigenvalue weighted by molar-refractivity contribution is -0.135. The number of carbonyl (C=O) groups is 1. The number of carboxylic acids is 1. The normalized spacial score (nSPS) is 10.5. The van der Waals surface area contributed by atoms with E-state index in [1.807, 2.05) is 12.2 Å². The molecule has 2 N–H and O–H groups in total. The predicted molar refractivity (Wildman–Crippen MR) is 43.4 cm³/mol. The summed E-state index contributed by atoms with van der Waals surface area (Å²) in [6.07, 6.45) is 3.78. The van der Waals surface area contributed by atoms with Crippen molar-refractivity contribution >= 4 is 21.9 Å². The summed E-state index contributed by atoms with van der Waals surface area (Å²) in [6, 6.07) is 0. The summed E-state index contributed by atoms with van der Waals surface area (Å²) in [6.45, 7) is 0.629. The van der Waals surface area contributed by atoms with Gasteiger partial charge in [0.1, 0.15) is 0 Å². The van der Waals surface area contributed by atoms with Crippen LogP contribution < -0.4 is 5.32 Å². The molecule has 0 aromatic rings. The first-order valence-corrected chi connectivity index (χ1v) is 4.03. The number of aliphatic carboxylic acids is 1. The molecule has 0 spiro atoms. The standard InChI is InChI=1S/C6H10BrNO2/c7-3-1-2-4-8-5-6(9)10/h1-2,8H,3-5H2,(H,9,10)/b2-1+. The lowest BCUT2D eigenvalue weighted by atomic mass is 10.5. The summed E-state index contributed by atoms with van der Waals surface area (Å²) in [5.41, 5.74) is 0. The molecule has 3 nitrogen and oxygen atoms in total. The minimum absolute atomic E-state index is 0.0205. The van der Waals surface area contributed by atoms with E-state index in [0.29, 0.717) is 6.54 Å². The van der Waals surface area contributed by atoms with Crippen LogP contribution in [0.3, 0.4) is 0 Å². The molecule has 10 heavy (non-hydrogen) atoms. The third-order valence-electron chi connectivity index (χ3n) is 0.794. The first-order chi connectivity index (χ1) is 4.77. The average Bonchev–Trinajstić information content (AvgIpc) is 1.87. The van der Waals surface area contributed by atoms with Crippen molar-refractivity contribution in [3.05, 3.63) is 12.2 Å². The number of hydrogen-bond acceptors (Lipinski definition) is 2. The molecular weight excluding hydrogens is 198 g/mol. The van der Waals surface area contributed by atoms with E-state index >= 15 is 0 Å². The van der Waals surface area contributed by atoms with Crippen molar-refractivity contribution in [2.75, 3.05) is 18.4 Å². The van der Waals surface area contributed by atoms with Gasteiger partial charge in [-0.05, 0) is 0 Å². The molecule has 0 aromatic carbocycles. The van der Waals surface area contributed by atoms with E-state index in [4.69, 9.17) is 5.11 Å². The van der Waals surface area contributed by atoms with Gasteiger partial charge in [-0.15, -0.1) is 0 Å². The molecule has 0 amide bonds. The quantitative estimate of drug-likeness (QED) is 0.395. The first-order valence-electron chi connectivity index (χ1n) is 2.91. The molecule has 0 aliphatic rings. The molecule has 0 fully saturated rings. The van der Waals surface area contributed by atoms with Crippen LogP contribution in [0.1, 0.15) is 0 Å². The molecule has 0 radical (unpaired) electrons. The van der Waals surface area contributed by atoms with Crippen LogP contribution in [-0.4, -0.2) is 29.5 Å². The molecule has 0 saturated carbocycles. The zero-order chi connectivity index (χ0) is 7.82. The van der Waals surface area contributed by atoms with E-state index in [9.17, 15) is 4.79 Å². The average molecular weight is 208 g/mol. The predicted octanol–water partition coefficient (Wildman–Crippen LogP) is 0.612. The summed E-state index contributed by atoms with van der Waals surface area (Å²) < 4.78 is 0. The van der Waals surface area contributed by atoms with Gasteiger partial charge in [-0.25, -0.2) is 0 Å². The fourth-order valence-corrected chi connectivity index (χ4v) is 0.673. The summed E-state index contributed by atoms with van der Waals surface area (Å²) in [4.78, 5) is 9.94. The van der Waals surface area contributed by atoms with Crippen molar-refractivity contribution in [1.82, 2.24) is 5.32 Å². The Kier molecular flexibility index (Phi) is 6.53. The van der Waals surface area contributed by atoms with Crippen molar-refractivity contribution in [3.63, 3.8) is 0 Å². The number of rotatable bonds is 5. The molecule has 0 aromatic heterocycles. The minimum Gasteiger partial charge on any atom is -0.480 e. The molecule has 0 saturated heterocycles. The van der Waals surface area contributed by atoms with Crippen LogP contribution in [0.4, 0.5) is 0 Å². The van der Waals surface area contributed by atoms with E-state index in [1.54, 1.807) is 0 Å². The first kappa shape index (κ1) is 9.65. The number of nitrogens with one attached hydrogen (secondary N) is 1. The molecule has 0 unspecified atom stereocenters. The van der Waals surface area contributed by atoms with Gasteiger partial charge in [0.05, 0.1) is 6.54 Å². The van der Waals surface area contributed by atoms with Gasteiger partial charge in [-0.2, -0.15) is 0 Å². The third-order valence-corrected chi connectivity index (χ3v) is 1.17. The van der Waals surface area contributed by atoms with Crippen LogP contribution in [0.15, 0.2) is 12.2 Å². The highest BCUT2D eigenvalue weighted by molar-refractivity contribution is 9.09. The van der Waals surface area contributed by atoms with Crippen molar-refractivity contribution in [2.45, 2.75) is 0 Å². The highest BCUT2D eigenvalue weighted by Gasteiger charge is 1.90. The number of carboxylic acid groups (broad SMARTS) is 1. The van der Waals surface area contributed by atoms with Gasteiger partial charge < -0.3 is 10.4 Å². The lowest BCUT2D eigenvalue weighted by Gasteiger charge is -1.93. The van der Waals surface area contributed by atoms with Gasteiger partial charge in [0.15, 0.2) is 0 Å². The second kappa shape index (κ2) is 6.77. The smallest absolute Gasteiger partial charge is 0.317 e. The molecule has 4 heteroatoms. The molecule has 0 aliphatic heterocycles. The Bertz CT molecular complexity index is 125. The lowest BCUT2D eigenvalue weighted by Crippen LogP contribution is -2.22. The molecule has 0 aliphatic carbocycles. The van der Waals surface area contributed by atoms with Crippen LogP contribution in [-0.2, 0) is 4.79 Å². The molecule has 58 valence electrons. The van der Waals surface area contributed by atoms with E-state index in [-0.39, 0.29) is 6.54 Å². The Morgan fingerprint density at radius 2 is 2.30 bits per heavy atom. The largest absolute Gasteiger partial charge is 0.480 e. The number of allylic oxidation sites excluding steroid dienone is 1. The molecule has 0 heterocycles. The van der Waals surface area contributed by atoms with Crippen LogP contribution in [0.25, 0.3) is 0 Å². The van der Waals surface area contributed by atoms with Crippen molar-refractivity contribution in [3.8, 4) is 0 Å². The second-order valence-electron chi connectivity index (χ2n) is 1.65. The van der Waals surface area contributed by atoms with E-state index < -0.39 is 5.97 Å². The molecule has 0 bridgehead atoms. The highest BCUT2D eigenvalue weighted by atomic mass is 79.9. The van der Waals surface area contributed by atoms with E-state index in [0.717, 1.165) is 5.33 Å². The summed E-state index contributed by atoms with van der Waals surface area (Å²) in [5.74, 6) is -0.827. The van der Waals surface area contributed by atoms with Crippen LogP contribution in [0, 0.1) is 0 Å². The zero-order valence-electron chi connectivity index (χ0n) is 5.51. The monoisotopic (exact) mass is 207 g/mol. The summed E-state index contributed by atoms with van der Waals surface area (Å²) in [5, 5.41) is 11.7. The van der Waals surface area contributed by atoms with Gasteiger partial charge in [0.25, 0.3) is 0 Å². The topological polar surface area (TPSA) is 49.3 Å². The van der Waals surface area contributed by atoms with E-state index in [2.05, 4.69) is 21.2 Å². The van der Waals surface area contributed by atoms with Crippen LogP contribution in [0.2, 0.25) is 0 Å². The number of alkyl halides is 1. The van der Waals surface area contributed by atoms with Crippen molar-refractivity contribution < 1.29 is 9.90 Å². The summed E-state index contributed by atoms with van der Waals surface area (Å²) >= 11 is 3.20. The number of hydrogen-bond donors (Lipinski definition) is 2. The zero-order valence-corrected chi connectivity index (χ0v) is 7.10. The molecule has 0 rings (SSSR count). The van der Waals surface area contributed by atoms with Gasteiger partial charge in [-0.1, -0.05) is 28.1 Å². The Balaban J connectivity index is 3.05. The SMILES string of the molecule is O=C(O)CNC/C=C/CBr. The Morgan fingerprint density at radius 3 is 2.80 bits per heavy atom. The van der Waals surface area contributed by atoms with E-state index in [1.165, 1.54) is 0 Å². The fraction of sp³-hybridized carbons (Fsp3) is 0.500. The van der Waals surface area contributed by atoms with Gasteiger partial charge in [0, 0.05) is 11.9 Å². The highest BCUT2D eigenvalue weighted by Crippen LogP contribution is 1.79. The summed E-state index contributed by atoms with van der Waals surface area (Å²) in [7, 11) is 0. The third kappa shape index (κ3) is 7.65.